The number of rotatable bonds is 8. The molecule has 140 valence electrons. The molecule has 2 aromatic carbocycles. The molecule has 0 aliphatic heterocycles. The van der Waals surface area contributed by atoms with Crippen LogP contribution in [0.25, 0.3) is 0 Å². The minimum atomic E-state index is -0.638. The van der Waals surface area contributed by atoms with Gasteiger partial charge in [0.15, 0.2) is 0 Å². The quantitative estimate of drug-likeness (QED) is 0.296. The van der Waals surface area contributed by atoms with E-state index in [0.717, 1.165) is 36.0 Å². The first-order chi connectivity index (χ1) is 12.5. The van der Waals surface area contributed by atoms with Gasteiger partial charge >= 0.3 is 6.16 Å². The molecule has 0 amide bonds. The van der Waals surface area contributed by atoms with Gasteiger partial charge < -0.3 is 9.47 Å². The molecule has 1 unspecified atom stereocenters. The minimum Gasteiger partial charge on any atom is -0.426 e. The summed E-state index contributed by atoms with van der Waals surface area (Å²) in [4.78, 5) is 12.4. The molecule has 0 aliphatic rings. The summed E-state index contributed by atoms with van der Waals surface area (Å²) in [6.07, 6.45) is 4.47. The van der Waals surface area contributed by atoms with Gasteiger partial charge in [0.1, 0.15) is 11.9 Å². The number of unbranched alkanes of at least 4 members (excludes halogenated alkanes) is 3. The Labute approximate surface area is 157 Å². The zero-order valence-electron chi connectivity index (χ0n) is 16.4. The van der Waals surface area contributed by atoms with Crippen molar-refractivity contribution < 1.29 is 14.3 Å². The summed E-state index contributed by atoms with van der Waals surface area (Å²) in [5, 5.41) is 0. The Kier molecular flexibility index (Phi) is 7.71. The zero-order chi connectivity index (χ0) is 18.9. The maximum atomic E-state index is 12.4. The van der Waals surface area contributed by atoms with Crippen molar-refractivity contribution in [2.24, 2.45) is 0 Å². The van der Waals surface area contributed by atoms with Gasteiger partial charge in [-0.05, 0) is 61.9 Å². The van der Waals surface area contributed by atoms with E-state index in [4.69, 9.17) is 9.47 Å². The molecule has 0 saturated carbocycles. The van der Waals surface area contributed by atoms with E-state index in [0.29, 0.717) is 5.75 Å². The molecule has 0 aromatic heterocycles. The molecule has 2 aromatic rings. The Hall–Kier alpha value is -2.29. The molecule has 0 aliphatic carbocycles. The van der Waals surface area contributed by atoms with Crippen molar-refractivity contribution in [2.75, 3.05) is 0 Å². The highest BCUT2D eigenvalue weighted by Gasteiger charge is 2.19. The Morgan fingerprint density at radius 3 is 2.35 bits per heavy atom. The fourth-order valence-corrected chi connectivity index (χ4v) is 2.99. The molecular weight excluding hydrogens is 324 g/mol. The average molecular weight is 354 g/mol. The molecule has 2 rings (SSSR count). The Morgan fingerprint density at radius 2 is 1.65 bits per heavy atom. The number of ether oxygens (including phenoxy) is 2. The van der Waals surface area contributed by atoms with Crippen LogP contribution >= 0.6 is 0 Å². The highest BCUT2D eigenvalue weighted by atomic mass is 16.7. The fraction of sp³-hybridized carbons (Fsp3) is 0.435. The van der Waals surface area contributed by atoms with Gasteiger partial charge in [-0.25, -0.2) is 4.79 Å². The van der Waals surface area contributed by atoms with Crippen LogP contribution in [0.1, 0.15) is 67.4 Å². The molecule has 26 heavy (non-hydrogen) atoms. The van der Waals surface area contributed by atoms with Gasteiger partial charge in [-0.1, -0.05) is 62.6 Å². The van der Waals surface area contributed by atoms with E-state index in [-0.39, 0.29) is 6.10 Å². The van der Waals surface area contributed by atoms with E-state index < -0.39 is 6.16 Å². The third-order valence-corrected chi connectivity index (χ3v) is 4.93. The highest BCUT2D eigenvalue weighted by Crippen LogP contribution is 2.27. The molecule has 0 spiro atoms. The molecule has 1 atom stereocenters. The van der Waals surface area contributed by atoms with Crippen molar-refractivity contribution in [3.8, 4) is 5.75 Å². The van der Waals surface area contributed by atoms with Gasteiger partial charge in [-0.2, -0.15) is 0 Å². The molecule has 0 fully saturated rings. The van der Waals surface area contributed by atoms with Crippen LogP contribution in [0.4, 0.5) is 4.79 Å². The SMILES string of the molecule is CCCCCCC(OC(=O)Oc1ccc(C)c(C)c1C)c1ccccc1. The molecule has 3 nitrogen and oxygen atoms in total. The number of hydrogen-bond donors (Lipinski definition) is 0. The van der Waals surface area contributed by atoms with E-state index in [1.165, 1.54) is 18.4 Å². The molecule has 0 heterocycles. The largest absolute Gasteiger partial charge is 0.514 e. The van der Waals surface area contributed by atoms with Gasteiger partial charge in [-0.15, -0.1) is 0 Å². The second kappa shape index (κ2) is 10.0. The predicted octanol–water partition coefficient (Wildman–Crippen LogP) is 6.84. The predicted molar refractivity (Wildman–Crippen MR) is 106 cm³/mol. The van der Waals surface area contributed by atoms with Gasteiger partial charge in [-0.3, -0.25) is 0 Å². The molecule has 0 N–H and O–H groups in total. The molecule has 0 saturated heterocycles. The molecule has 0 radical (unpaired) electrons. The van der Waals surface area contributed by atoms with Crippen LogP contribution in [0.2, 0.25) is 0 Å². The normalized spacial score (nSPS) is 11.8. The first-order valence-corrected chi connectivity index (χ1v) is 9.53. The molecular formula is C23H30O3. The van der Waals surface area contributed by atoms with E-state index in [9.17, 15) is 4.79 Å². The summed E-state index contributed by atoms with van der Waals surface area (Å²) < 4.78 is 11.2. The lowest BCUT2D eigenvalue weighted by Gasteiger charge is -2.19. The van der Waals surface area contributed by atoms with Crippen molar-refractivity contribution in [3.05, 3.63) is 64.7 Å². The summed E-state index contributed by atoms with van der Waals surface area (Å²) >= 11 is 0. The van der Waals surface area contributed by atoms with Crippen molar-refractivity contribution in [1.29, 1.82) is 0 Å². The summed E-state index contributed by atoms with van der Waals surface area (Å²) in [6.45, 7) is 8.23. The lowest BCUT2D eigenvalue weighted by Crippen LogP contribution is -2.16. The first kappa shape index (κ1) is 20.0. The second-order valence-electron chi connectivity index (χ2n) is 6.85. The van der Waals surface area contributed by atoms with Crippen LogP contribution in [0.3, 0.4) is 0 Å². The fourth-order valence-electron chi connectivity index (χ4n) is 2.99. The van der Waals surface area contributed by atoms with Crippen LogP contribution in [0, 0.1) is 20.8 Å². The Bertz CT molecular complexity index is 707. The topological polar surface area (TPSA) is 35.5 Å². The number of carbonyl (C=O) groups is 1. The van der Waals surface area contributed by atoms with Crippen molar-refractivity contribution in [3.63, 3.8) is 0 Å². The summed E-state index contributed by atoms with van der Waals surface area (Å²) in [7, 11) is 0. The van der Waals surface area contributed by atoms with Gasteiger partial charge in [0.2, 0.25) is 0 Å². The van der Waals surface area contributed by atoms with Crippen LogP contribution in [0.5, 0.6) is 5.75 Å². The second-order valence-corrected chi connectivity index (χ2v) is 6.85. The summed E-state index contributed by atoms with van der Waals surface area (Å²) in [6, 6.07) is 13.7. The van der Waals surface area contributed by atoms with Crippen molar-refractivity contribution >= 4 is 6.16 Å². The standard InChI is InChI=1S/C23H30O3/c1-5-6-7-11-14-22(20-12-9-8-10-13-20)26-23(24)25-21-16-15-17(2)18(3)19(21)4/h8-10,12-13,15-16,22H,5-7,11,14H2,1-4H3. The average Bonchev–Trinajstić information content (AvgIpc) is 2.65. The molecule has 3 heteroatoms. The number of hydrogen-bond acceptors (Lipinski definition) is 3. The van der Waals surface area contributed by atoms with Crippen LogP contribution in [-0.2, 0) is 4.74 Å². The third-order valence-electron chi connectivity index (χ3n) is 4.93. The third kappa shape index (κ3) is 5.62. The van der Waals surface area contributed by atoms with Gasteiger partial charge in [0, 0.05) is 0 Å². The zero-order valence-corrected chi connectivity index (χ0v) is 16.4. The molecule has 0 bridgehead atoms. The number of aryl methyl sites for hydroxylation is 1. The lowest BCUT2D eigenvalue weighted by atomic mass is 10.0. The maximum absolute atomic E-state index is 12.4. The monoisotopic (exact) mass is 354 g/mol. The summed E-state index contributed by atoms with van der Waals surface area (Å²) in [5.74, 6) is 0.566. The Balaban J connectivity index is 2.04. The smallest absolute Gasteiger partial charge is 0.426 e. The number of carbonyl (C=O) groups excluding carboxylic acids is 1. The van der Waals surface area contributed by atoms with Crippen molar-refractivity contribution in [1.82, 2.24) is 0 Å². The maximum Gasteiger partial charge on any atom is 0.514 e. The van der Waals surface area contributed by atoms with Crippen LogP contribution < -0.4 is 4.74 Å². The van der Waals surface area contributed by atoms with Crippen LogP contribution in [-0.4, -0.2) is 6.16 Å². The van der Waals surface area contributed by atoms with Crippen molar-refractivity contribution in [2.45, 2.75) is 65.9 Å². The van der Waals surface area contributed by atoms with E-state index in [2.05, 4.69) is 6.92 Å². The van der Waals surface area contributed by atoms with Gasteiger partial charge in [0.05, 0.1) is 0 Å². The van der Waals surface area contributed by atoms with Crippen LogP contribution in [0.15, 0.2) is 42.5 Å². The number of benzene rings is 2. The van der Waals surface area contributed by atoms with E-state index >= 15 is 0 Å². The minimum absolute atomic E-state index is 0.271. The Morgan fingerprint density at radius 1 is 0.923 bits per heavy atom. The van der Waals surface area contributed by atoms with E-state index in [1.807, 2.05) is 63.2 Å². The lowest BCUT2D eigenvalue weighted by molar-refractivity contribution is 0.0526. The van der Waals surface area contributed by atoms with Gasteiger partial charge in [0.25, 0.3) is 0 Å². The summed E-state index contributed by atoms with van der Waals surface area (Å²) in [5.41, 5.74) is 4.30. The first-order valence-electron chi connectivity index (χ1n) is 9.53. The van der Waals surface area contributed by atoms with E-state index in [1.54, 1.807) is 0 Å². The highest BCUT2D eigenvalue weighted by molar-refractivity contribution is 5.65.